The van der Waals surface area contributed by atoms with E-state index in [4.69, 9.17) is 5.11 Å². The van der Waals surface area contributed by atoms with Crippen LogP contribution in [0.5, 0.6) is 0 Å². The number of fused-ring (bicyclic) bond motifs is 1. The van der Waals surface area contributed by atoms with Crippen LogP contribution in [-0.2, 0) is 13.0 Å². The summed E-state index contributed by atoms with van der Waals surface area (Å²) in [6.07, 6.45) is 1.96. The number of carbonyl (C=O) groups is 1. The fourth-order valence-electron chi connectivity index (χ4n) is 1.86. The highest BCUT2D eigenvalue weighted by Crippen LogP contribution is 2.25. The van der Waals surface area contributed by atoms with Crippen LogP contribution in [0.1, 0.15) is 34.3 Å². The molecular weight excluding hydrogens is 183 g/mol. The van der Waals surface area contributed by atoms with Crippen molar-refractivity contribution in [3.63, 3.8) is 0 Å². The first kappa shape index (κ1) is 9.34. The van der Waals surface area contributed by atoms with Gasteiger partial charge in [0.25, 0.3) is 0 Å². The molecule has 14 heavy (non-hydrogen) atoms. The maximum absolute atomic E-state index is 13.6. The Morgan fingerprint density at radius 3 is 2.86 bits per heavy atom. The summed E-state index contributed by atoms with van der Waals surface area (Å²) < 4.78 is 13.6. The lowest BCUT2D eigenvalue weighted by molar-refractivity contribution is 0.0967. The van der Waals surface area contributed by atoms with Crippen molar-refractivity contribution in [2.45, 2.75) is 25.9 Å². The van der Waals surface area contributed by atoms with Crippen LogP contribution in [0.15, 0.2) is 12.1 Å². The zero-order valence-electron chi connectivity index (χ0n) is 7.72. The van der Waals surface area contributed by atoms with Crippen LogP contribution in [0.2, 0.25) is 0 Å². The van der Waals surface area contributed by atoms with Crippen molar-refractivity contribution in [3.05, 3.63) is 34.6 Å². The largest absolute Gasteiger partial charge is 0.392 e. The molecule has 0 saturated heterocycles. The summed E-state index contributed by atoms with van der Waals surface area (Å²) in [5.74, 6) is -0.672. The summed E-state index contributed by atoms with van der Waals surface area (Å²) >= 11 is 0. The number of aliphatic hydroxyl groups excluding tert-OH is 1. The van der Waals surface area contributed by atoms with Crippen molar-refractivity contribution in [1.82, 2.24) is 0 Å². The minimum atomic E-state index is -0.533. The average molecular weight is 194 g/mol. The second kappa shape index (κ2) is 3.50. The van der Waals surface area contributed by atoms with Crippen molar-refractivity contribution < 1.29 is 14.3 Å². The molecule has 0 amide bonds. The van der Waals surface area contributed by atoms with E-state index in [1.54, 1.807) is 12.1 Å². The van der Waals surface area contributed by atoms with E-state index in [9.17, 15) is 9.18 Å². The zero-order valence-corrected chi connectivity index (χ0v) is 7.72. The van der Waals surface area contributed by atoms with Crippen LogP contribution in [0.4, 0.5) is 4.39 Å². The predicted octanol–water partition coefficient (Wildman–Crippen LogP) is 1.84. The van der Waals surface area contributed by atoms with Gasteiger partial charge in [-0.05, 0) is 18.4 Å². The van der Waals surface area contributed by atoms with E-state index < -0.39 is 5.82 Å². The highest BCUT2D eigenvalue weighted by molar-refractivity contribution is 5.98. The molecule has 0 aromatic heterocycles. The zero-order chi connectivity index (χ0) is 10.1. The van der Waals surface area contributed by atoms with Crippen LogP contribution in [0.25, 0.3) is 0 Å². The van der Waals surface area contributed by atoms with E-state index in [0.29, 0.717) is 6.42 Å². The number of hydrogen-bond donors (Lipinski definition) is 1. The summed E-state index contributed by atoms with van der Waals surface area (Å²) in [5, 5.41) is 8.85. The molecule has 1 aromatic rings. The number of Topliss-reactive ketones (excluding diaryl/α,β-unsaturated/α-hetero) is 1. The molecule has 0 fully saturated rings. The van der Waals surface area contributed by atoms with Gasteiger partial charge in [0.1, 0.15) is 5.82 Å². The Hall–Kier alpha value is -1.22. The summed E-state index contributed by atoms with van der Waals surface area (Å²) in [4.78, 5) is 11.5. The fourth-order valence-corrected chi connectivity index (χ4v) is 1.86. The van der Waals surface area contributed by atoms with Gasteiger partial charge in [-0.3, -0.25) is 4.79 Å². The number of rotatable bonds is 1. The lowest BCUT2D eigenvalue weighted by Crippen LogP contribution is -2.14. The summed E-state index contributed by atoms with van der Waals surface area (Å²) in [7, 11) is 0. The van der Waals surface area contributed by atoms with E-state index in [2.05, 4.69) is 0 Å². The lowest BCUT2D eigenvalue weighted by atomic mass is 9.89. The van der Waals surface area contributed by atoms with Crippen molar-refractivity contribution in [2.75, 3.05) is 0 Å². The van der Waals surface area contributed by atoms with Gasteiger partial charge in [-0.15, -0.1) is 0 Å². The molecule has 0 bridgehead atoms. The van der Waals surface area contributed by atoms with Gasteiger partial charge >= 0.3 is 0 Å². The molecule has 0 unspecified atom stereocenters. The summed E-state index contributed by atoms with van der Waals surface area (Å²) in [6, 6.07) is 3.29. The minimum absolute atomic E-state index is 0.140. The Balaban J connectivity index is 2.60. The summed E-state index contributed by atoms with van der Waals surface area (Å²) in [5.41, 5.74) is 1.18. The van der Waals surface area contributed by atoms with Gasteiger partial charge in [0.15, 0.2) is 5.78 Å². The molecule has 1 N–H and O–H groups in total. The van der Waals surface area contributed by atoms with Gasteiger partial charge in [-0.2, -0.15) is 0 Å². The molecule has 0 radical (unpaired) electrons. The molecule has 74 valence electrons. The Morgan fingerprint density at radius 1 is 1.36 bits per heavy atom. The number of halogens is 1. The third-order valence-electron chi connectivity index (χ3n) is 2.61. The van der Waals surface area contributed by atoms with Crippen LogP contribution >= 0.6 is 0 Å². The van der Waals surface area contributed by atoms with Crippen LogP contribution < -0.4 is 0 Å². The van der Waals surface area contributed by atoms with Crippen LogP contribution in [-0.4, -0.2) is 10.9 Å². The first-order valence-electron chi connectivity index (χ1n) is 4.68. The average Bonchev–Trinajstić information content (AvgIpc) is 2.18. The van der Waals surface area contributed by atoms with Gasteiger partial charge in [0, 0.05) is 12.0 Å². The smallest absolute Gasteiger partial charge is 0.166 e. The van der Waals surface area contributed by atoms with E-state index in [1.165, 1.54) is 0 Å². The van der Waals surface area contributed by atoms with Crippen molar-refractivity contribution >= 4 is 5.78 Å². The molecule has 2 rings (SSSR count). The van der Waals surface area contributed by atoms with Gasteiger partial charge in [0.2, 0.25) is 0 Å². The third-order valence-corrected chi connectivity index (χ3v) is 2.61. The third kappa shape index (κ3) is 1.34. The van der Waals surface area contributed by atoms with Crippen molar-refractivity contribution in [2.24, 2.45) is 0 Å². The number of hydrogen-bond acceptors (Lipinski definition) is 2. The standard InChI is InChI=1S/C11H11FO2/c12-11-8(6-13)5-4-7-2-1-3-9(14)10(7)11/h4-5,13H,1-3,6H2. The molecule has 0 spiro atoms. The monoisotopic (exact) mass is 194 g/mol. The summed E-state index contributed by atoms with van der Waals surface area (Å²) in [6.45, 7) is -0.355. The highest BCUT2D eigenvalue weighted by atomic mass is 19.1. The quantitative estimate of drug-likeness (QED) is 0.740. The number of ketones is 1. The van der Waals surface area contributed by atoms with E-state index in [0.717, 1.165) is 18.4 Å². The van der Waals surface area contributed by atoms with E-state index in [-0.39, 0.29) is 23.5 Å². The van der Waals surface area contributed by atoms with E-state index in [1.807, 2.05) is 0 Å². The lowest BCUT2D eigenvalue weighted by Gasteiger charge is -2.16. The maximum atomic E-state index is 13.6. The Morgan fingerprint density at radius 2 is 2.14 bits per heavy atom. The van der Waals surface area contributed by atoms with Crippen molar-refractivity contribution in [3.8, 4) is 0 Å². The molecular formula is C11H11FO2. The SMILES string of the molecule is O=C1CCCc2ccc(CO)c(F)c21. The number of carbonyl (C=O) groups excluding carboxylic acids is 1. The highest BCUT2D eigenvalue weighted by Gasteiger charge is 2.22. The molecule has 1 aromatic carbocycles. The van der Waals surface area contributed by atoms with Gasteiger partial charge in [-0.1, -0.05) is 12.1 Å². The fraction of sp³-hybridized carbons (Fsp3) is 0.364. The maximum Gasteiger partial charge on any atom is 0.166 e. The second-order valence-electron chi connectivity index (χ2n) is 3.51. The Bertz CT molecular complexity index is 385. The number of benzene rings is 1. The molecule has 2 nitrogen and oxygen atoms in total. The second-order valence-corrected chi connectivity index (χ2v) is 3.51. The van der Waals surface area contributed by atoms with Crippen molar-refractivity contribution in [1.29, 1.82) is 0 Å². The first-order valence-corrected chi connectivity index (χ1v) is 4.68. The van der Waals surface area contributed by atoms with Gasteiger partial charge in [-0.25, -0.2) is 4.39 Å². The van der Waals surface area contributed by atoms with Crippen LogP contribution in [0.3, 0.4) is 0 Å². The van der Waals surface area contributed by atoms with Gasteiger partial charge < -0.3 is 5.11 Å². The van der Waals surface area contributed by atoms with Crippen LogP contribution in [0, 0.1) is 5.82 Å². The molecule has 0 saturated carbocycles. The molecule has 3 heteroatoms. The normalized spacial score (nSPS) is 15.4. The Labute approximate surface area is 81.4 Å². The molecule has 1 aliphatic carbocycles. The molecule has 0 heterocycles. The van der Waals surface area contributed by atoms with Gasteiger partial charge in [0.05, 0.1) is 12.2 Å². The Kier molecular flexibility index (Phi) is 2.33. The predicted molar refractivity (Wildman–Crippen MR) is 49.6 cm³/mol. The molecule has 0 atom stereocenters. The first-order chi connectivity index (χ1) is 6.74. The topological polar surface area (TPSA) is 37.3 Å². The molecule has 0 aliphatic heterocycles. The minimum Gasteiger partial charge on any atom is -0.392 e. The van der Waals surface area contributed by atoms with E-state index >= 15 is 0 Å². The molecule has 1 aliphatic rings. The number of aliphatic hydroxyl groups is 1. The number of aryl methyl sites for hydroxylation is 1.